The fraction of sp³-hybridized carbons (Fsp3) is 0.190. The van der Waals surface area contributed by atoms with Gasteiger partial charge in [-0.3, -0.25) is 9.59 Å². The van der Waals surface area contributed by atoms with Gasteiger partial charge in [-0.15, -0.1) is 0 Å². The number of amides is 1. The van der Waals surface area contributed by atoms with Crippen LogP contribution in [0.2, 0.25) is 0 Å². The Morgan fingerprint density at radius 2 is 1.83 bits per heavy atom. The quantitative estimate of drug-likeness (QED) is 0.663. The summed E-state index contributed by atoms with van der Waals surface area (Å²) in [7, 11) is 0. The highest BCUT2D eigenvalue weighted by Crippen LogP contribution is 2.19. The zero-order valence-corrected chi connectivity index (χ0v) is 15.7. The second-order valence-electron chi connectivity index (χ2n) is 6.12. The molecule has 0 aliphatic rings. The van der Waals surface area contributed by atoms with Crippen molar-refractivity contribution in [2.24, 2.45) is 0 Å². The molecule has 29 heavy (non-hydrogen) atoms. The molecule has 0 unspecified atom stereocenters. The summed E-state index contributed by atoms with van der Waals surface area (Å²) in [6, 6.07) is 13.2. The fourth-order valence-electron chi connectivity index (χ4n) is 2.67. The van der Waals surface area contributed by atoms with Crippen molar-refractivity contribution in [3.63, 3.8) is 0 Å². The summed E-state index contributed by atoms with van der Waals surface area (Å²) < 4.78 is 32.8. The molecule has 0 spiro atoms. The van der Waals surface area contributed by atoms with Crippen molar-refractivity contribution in [2.75, 3.05) is 13.2 Å². The first-order chi connectivity index (χ1) is 14.0. The lowest BCUT2D eigenvalue weighted by molar-refractivity contribution is 0.0951. The molecule has 0 fully saturated rings. The molecule has 1 aromatic heterocycles. The normalized spacial score (nSPS) is 10.6. The standard InChI is InChI=1S/C21H19F2N3O3/c1-2-29-16-6-3-14(4-7-16)19-9-10-20(27)26(25-19)12-11-24-21(28)15-5-8-17(22)18(23)13-15/h3-10,13H,2,11-12H2,1H3,(H,24,28). The molecule has 8 heteroatoms. The molecule has 3 aromatic rings. The van der Waals surface area contributed by atoms with Crippen molar-refractivity contribution in [1.29, 1.82) is 0 Å². The van der Waals surface area contributed by atoms with Gasteiger partial charge in [0.1, 0.15) is 5.75 Å². The van der Waals surface area contributed by atoms with E-state index >= 15 is 0 Å². The average Bonchev–Trinajstić information content (AvgIpc) is 2.72. The van der Waals surface area contributed by atoms with Crippen molar-refractivity contribution in [3.8, 4) is 17.0 Å². The summed E-state index contributed by atoms with van der Waals surface area (Å²) >= 11 is 0. The topological polar surface area (TPSA) is 73.2 Å². The number of carbonyl (C=O) groups excluding carboxylic acids is 1. The van der Waals surface area contributed by atoms with Gasteiger partial charge in [0.2, 0.25) is 0 Å². The van der Waals surface area contributed by atoms with Gasteiger partial charge >= 0.3 is 0 Å². The summed E-state index contributed by atoms with van der Waals surface area (Å²) in [5.41, 5.74) is 1.08. The molecular weight excluding hydrogens is 380 g/mol. The molecule has 1 heterocycles. The van der Waals surface area contributed by atoms with Crippen LogP contribution in [0.5, 0.6) is 5.75 Å². The highest BCUT2D eigenvalue weighted by molar-refractivity contribution is 5.94. The van der Waals surface area contributed by atoms with Crippen molar-refractivity contribution >= 4 is 5.91 Å². The molecule has 0 aliphatic heterocycles. The lowest BCUT2D eigenvalue weighted by Crippen LogP contribution is -2.32. The van der Waals surface area contributed by atoms with Gasteiger partial charge in [-0.05, 0) is 55.5 Å². The molecule has 1 N–H and O–H groups in total. The minimum Gasteiger partial charge on any atom is -0.494 e. The van der Waals surface area contributed by atoms with Crippen LogP contribution < -0.4 is 15.6 Å². The number of rotatable bonds is 7. The summed E-state index contributed by atoms with van der Waals surface area (Å²) in [5.74, 6) is -1.95. The number of benzene rings is 2. The van der Waals surface area contributed by atoms with Crippen LogP contribution in [0.15, 0.2) is 59.4 Å². The van der Waals surface area contributed by atoms with Gasteiger partial charge in [-0.25, -0.2) is 13.5 Å². The van der Waals surface area contributed by atoms with E-state index in [1.807, 2.05) is 31.2 Å². The minimum absolute atomic E-state index is 0.00709. The van der Waals surface area contributed by atoms with E-state index in [4.69, 9.17) is 4.74 Å². The minimum atomic E-state index is -1.10. The number of ether oxygens (including phenoxy) is 1. The van der Waals surface area contributed by atoms with Gasteiger partial charge in [0.15, 0.2) is 11.6 Å². The van der Waals surface area contributed by atoms with Crippen molar-refractivity contribution in [1.82, 2.24) is 15.1 Å². The fourth-order valence-corrected chi connectivity index (χ4v) is 2.67. The molecule has 0 saturated heterocycles. The Hall–Kier alpha value is -3.55. The number of nitrogens with zero attached hydrogens (tertiary/aromatic N) is 2. The summed E-state index contributed by atoms with van der Waals surface area (Å²) in [5, 5.41) is 6.87. The molecule has 0 bridgehead atoms. The van der Waals surface area contributed by atoms with Gasteiger partial charge in [-0.2, -0.15) is 5.10 Å². The molecule has 0 aliphatic carbocycles. The predicted octanol–water partition coefficient (Wildman–Crippen LogP) is 3.02. The van der Waals surface area contributed by atoms with Crippen molar-refractivity contribution < 1.29 is 18.3 Å². The molecule has 1 amide bonds. The van der Waals surface area contributed by atoms with Gasteiger partial charge in [0.25, 0.3) is 11.5 Å². The maximum Gasteiger partial charge on any atom is 0.266 e. The first kappa shape index (κ1) is 20.2. The summed E-state index contributed by atoms with van der Waals surface area (Å²) in [6.45, 7) is 2.69. The van der Waals surface area contributed by atoms with Crippen LogP contribution in [-0.2, 0) is 6.54 Å². The summed E-state index contributed by atoms with van der Waals surface area (Å²) in [4.78, 5) is 24.1. The third kappa shape index (κ3) is 5.04. The lowest BCUT2D eigenvalue weighted by Gasteiger charge is -2.09. The van der Waals surface area contributed by atoms with Crippen LogP contribution in [0.3, 0.4) is 0 Å². The molecule has 6 nitrogen and oxygen atoms in total. The van der Waals surface area contributed by atoms with E-state index in [-0.39, 0.29) is 24.2 Å². The van der Waals surface area contributed by atoms with E-state index in [2.05, 4.69) is 10.4 Å². The van der Waals surface area contributed by atoms with Crippen LogP contribution in [0, 0.1) is 11.6 Å². The van der Waals surface area contributed by atoms with Crippen LogP contribution >= 0.6 is 0 Å². The Morgan fingerprint density at radius 1 is 1.07 bits per heavy atom. The first-order valence-electron chi connectivity index (χ1n) is 9.02. The van der Waals surface area contributed by atoms with Gasteiger partial charge in [-0.1, -0.05) is 0 Å². The second-order valence-corrected chi connectivity index (χ2v) is 6.12. The molecule has 150 valence electrons. The Balaban J connectivity index is 1.66. The number of carbonyl (C=O) groups is 1. The van der Waals surface area contributed by atoms with Crippen molar-refractivity contribution in [2.45, 2.75) is 13.5 Å². The maximum absolute atomic E-state index is 13.2. The molecule has 0 atom stereocenters. The van der Waals surface area contributed by atoms with E-state index in [1.54, 1.807) is 6.07 Å². The van der Waals surface area contributed by atoms with Gasteiger partial charge < -0.3 is 10.1 Å². The van der Waals surface area contributed by atoms with Crippen LogP contribution in [0.1, 0.15) is 17.3 Å². The van der Waals surface area contributed by atoms with Crippen LogP contribution in [0.25, 0.3) is 11.3 Å². The lowest BCUT2D eigenvalue weighted by atomic mass is 10.1. The number of halogens is 2. The Morgan fingerprint density at radius 3 is 2.52 bits per heavy atom. The number of nitrogens with one attached hydrogen (secondary N) is 1. The number of hydrogen-bond donors (Lipinski definition) is 1. The van der Waals surface area contributed by atoms with Crippen molar-refractivity contribution in [3.05, 3.63) is 82.1 Å². The van der Waals surface area contributed by atoms with Crippen LogP contribution in [0.4, 0.5) is 8.78 Å². The number of hydrogen-bond acceptors (Lipinski definition) is 4. The smallest absolute Gasteiger partial charge is 0.266 e. The van der Waals surface area contributed by atoms with E-state index in [0.29, 0.717) is 12.3 Å². The van der Waals surface area contributed by atoms with Gasteiger partial charge in [0, 0.05) is 23.7 Å². The molecular formula is C21H19F2N3O3. The van der Waals surface area contributed by atoms with E-state index in [1.165, 1.54) is 16.8 Å². The van der Waals surface area contributed by atoms with E-state index in [0.717, 1.165) is 23.4 Å². The summed E-state index contributed by atoms with van der Waals surface area (Å²) in [6.07, 6.45) is 0. The van der Waals surface area contributed by atoms with Crippen LogP contribution in [-0.4, -0.2) is 28.8 Å². The highest BCUT2D eigenvalue weighted by Gasteiger charge is 2.10. The van der Waals surface area contributed by atoms with E-state index in [9.17, 15) is 18.4 Å². The third-order valence-corrected chi connectivity index (χ3v) is 4.12. The largest absolute Gasteiger partial charge is 0.494 e. The Bertz CT molecular complexity index is 1070. The maximum atomic E-state index is 13.2. The Labute approximate surface area is 165 Å². The molecule has 0 saturated carbocycles. The SMILES string of the molecule is CCOc1ccc(-c2ccc(=O)n(CCNC(=O)c3ccc(F)c(F)c3)n2)cc1. The van der Waals surface area contributed by atoms with Gasteiger partial charge in [0.05, 0.1) is 18.8 Å². The third-order valence-electron chi connectivity index (χ3n) is 4.12. The molecule has 0 radical (unpaired) electrons. The monoisotopic (exact) mass is 399 g/mol. The highest BCUT2D eigenvalue weighted by atomic mass is 19.2. The first-order valence-corrected chi connectivity index (χ1v) is 9.02. The Kier molecular flexibility index (Phi) is 6.33. The molecule has 3 rings (SSSR count). The number of aromatic nitrogens is 2. The predicted molar refractivity (Wildman–Crippen MR) is 104 cm³/mol. The molecule has 2 aromatic carbocycles. The zero-order valence-electron chi connectivity index (χ0n) is 15.7. The second kappa shape index (κ2) is 9.09. The zero-order chi connectivity index (χ0) is 20.8. The average molecular weight is 399 g/mol. The van der Waals surface area contributed by atoms with E-state index < -0.39 is 17.5 Å².